The Morgan fingerprint density at radius 3 is 2.85 bits per heavy atom. The molecule has 0 fully saturated rings. The number of hydrogen-bond acceptors (Lipinski definition) is 2. The molecule has 3 nitrogen and oxygen atoms in total. The molecule has 0 bridgehead atoms. The van der Waals surface area contributed by atoms with Gasteiger partial charge in [-0.05, 0) is 30.7 Å². The molecule has 1 atom stereocenters. The summed E-state index contributed by atoms with van der Waals surface area (Å²) in [6.45, 7) is 5.55. The monoisotopic (exact) mass is 269 g/mol. The lowest BCUT2D eigenvalue weighted by Crippen LogP contribution is -2.24. The molecular weight excluding hydrogens is 246 g/mol. The fourth-order valence-corrected chi connectivity index (χ4v) is 2.82. The Bertz CT molecular complexity index is 557. The highest BCUT2D eigenvalue weighted by molar-refractivity contribution is 5.41. The Balaban J connectivity index is 1.85. The molecule has 0 aliphatic carbocycles. The second kappa shape index (κ2) is 5.70. The van der Waals surface area contributed by atoms with E-state index in [0.29, 0.717) is 6.04 Å². The summed E-state index contributed by atoms with van der Waals surface area (Å²) in [6, 6.07) is 13.3. The minimum Gasteiger partial charge on any atom is -0.370 e. The average molecular weight is 269 g/mol. The zero-order valence-corrected chi connectivity index (χ0v) is 12.3. The number of hydrogen-bond donors (Lipinski definition) is 1. The molecule has 1 aromatic heterocycles. The molecule has 2 aromatic rings. The van der Waals surface area contributed by atoms with Crippen LogP contribution in [0.1, 0.15) is 44.0 Å². The maximum absolute atomic E-state index is 4.83. The minimum absolute atomic E-state index is 0.375. The van der Waals surface area contributed by atoms with E-state index in [1.807, 2.05) is 0 Å². The van der Waals surface area contributed by atoms with Crippen LogP contribution < -0.4 is 5.32 Å². The number of anilines is 1. The molecule has 0 radical (unpaired) electrons. The highest BCUT2D eigenvalue weighted by Gasteiger charge is 2.22. The smallest absolute Gasteiger partial charge is 0.125 e. The maximum Gasteiger partial charge on any atom is 0.125 e. The van der Waals surface area contributed by atoms with Crippen molar-refractivity contribution in [2.45, 2.75) is 39.2 Å². The Morgan fingerprint density at radius 2 is 2.10 bits per heavy atom. The van der Waals surface area contributed by atoms with Gasteiger partial charge in [-0.15, -0.1) is 0 Å². The number of benzene rings is 1. The summed E-state index contributed by atoms with van der Waals surface area (Å²) in [5.74, 6) is 1.90. The summed E-state index contributed by atoms with van der Waals surface area (Å²) in [5, 5.41) is 8.31. The summed E-state index contributed by atoms with van der Waals surface area (Å²) in [6.07, 6.45) is 3.37. The summed E-state index contributed by atoms with van der Waals surface area (Å²) in [7, 11) is 0. The Hall–Kier alpha value is -1.77. The van der Waals surface area contributed by atoms with Crippen molar-refractivity contribution in [1.82, 2.24) is 9.78 Å². The largest absolute Gasteiger partial charge is 0.370 e. The van der Waals surface area contributed by atoms with Gasteiger partial charge in [-0.1, -0.05) is 44.2 Å². The van der Waals surface area contributed by atoms with Crippen molar-refractivity contribution in [1.29, 1.82) is 0 Å². The van der Waals surface area contributed by atoms with E-state index in [4.69, 9.17) is 5.10 Å². The number of nitrogens with one attached hydrogen (secondary N) is 1. The maximum atomic E-state index is 4.83. The zero-order chi connectivity index (χ0) is 13.9. The van der Waals surface area contributed by atoms with Crippen LogP contribution in [0.25, 0.3) is 0 Å². The van der Waals surface area contributed by atoms with Crippen LogP contribution in [0.3, 0.4) is 0 Å². The number of aromatic nitrogens is 2. The van der Waals surface area contributed by atoms with Crippen LogP contribution in [0, 0.1) is 5.92 Å². The van der Waals surface area contributed by atoms with Gasteiger partial charge in [-0.2, -0.15) is 5.10 Å². The molecule has 1 aliphatic heterocycles. The SMILES string of the molecule is CC(C)CCc1cc2n(n1)C(c1ccccc1)CCN2. The molecule has 1 N–H and O–H groups in total. The predicted octanol–water partition coefficient (Wildman–Crippen LogP) is 3.88. The second-order valence-corrected chi connectivity index (χ2v) is 6.04. The molecule has 3 heteroatoms. The van der Waals surface area contributed by atoms with Gasteiger partial charge in [0.25, 0.3) is 0 Å². The molecular formula is C17H23N3. The summed E-state index contributed by atoms with van der Waals surface area (Å²) in [4.78, 5) is 0. The first-order valence-corrected chi connectivity index (χ1v) is 7.61. The lowest BCUT2D eigenvalue weighted by Gasteiger charge is -2.25. The lowest BCUT2D eigenvalue weighted by molar-refractivity contribution is 0.475. The van der Waals surface area contributed by atoms with E-state index in [-0.39, 0.29) is 0 Å². The van der Waals surface area contributed by atoms with E-state index in [2.05, 4.69) is 60.2 Å². The van der Waals surface area contributed by atoms with Crippen molar-refractivity contribution in [3.63, 3.8) is 0 Å². The summed E-state index contributed by atoms with van der Waals surface area (Å²) >= 11 is 0. The van der Waals surface area contributed by atoms with Gasteiger partial charge in [0.05, 0.1) is 11.7 Å². The fourth-order valence-electron chi connectivity index (χ4n) is 2.82. The van der Waals surface area contributed by atoms with Crippen LogP contribution in [0.2, 0.25) is 0 Å². The summed E-state index contributed by atoms with van der Waals surface area (Å²) < 4.78 is 2.18. The van der Waals surface area contributed by atoms with Crippen molar-refractivity contribution in [2.24, 2.45) is 5.92 Å². The highest BCUT2D eigenvalue weighted by Crippen LogP contribution is 2.30. The quantitative estimate of drug-likeness (QED) is 0.913. The van der Waals surface area contributed by atoms with E-state index in [1.54, 1.807) is 0 Å². The van der Waals surface area contributed by atoms with E-state index in [1.165, 1.54) is 23.5 Å². The van der Waals surface area contributed by atoms with Gasteiger partial charge < -0.3 is 5.32 Å². The van der Waals surface area contributed by atoms with Gasteiger partial charge in [-0.3, -0.25) is 0 Å². The van der Waals surface area contributed by atoms with E-state index < -0.39 is 0 Å². The van der Waals surface area contributed by atoms with Crippen molar-refractivity contribution < 1.29 is 0 Å². The van der Waals surface area contributed by atoms with E-state index in [0.717, 1.165) is 25.3 Å². The first-order valence-electron chi connectivity index (χ1n) is 7.61. The van der Waals surface area contributed by atoms with Gasteiger partial charge in [0, 0.05) is 12.6 Å². The number of fused-ring (bicyclic) bond motifs is 1. The van der Waals surface area contributed by atoms with Crippen molar-refractivity contribution in [3.8, 4) is 0 Å². The highest BCUT2D eigenvalue weighted by atomic mass is 15.4. The minimum atomic E-state index is 0.375. The number of rotatable bonds is 4. The van der Waals surface area contributed by atoms with Gasteiger partial charge in [0.15, 0.2) is 0 Å². The summed E-state index contributed by atoms with van der Waals surface area (Å²) in [5.41, 5.74) is 2.57. The molecule has 106 valence electrons. The normalized spacial score (nSPS) is 17.9. The van der Waals surface area contributed by atoms with E-state index >= 15 is 0 Å². The Labute approximate surface area is 121 Å². The molecule has 1 unspecified atom stereocenters. The van der Waals surface area contributed by atoms with Crippen LogP contribution in [-0.4, -0.2) is 16.3 Å². The number of aryl methyl sites for hydroxylation is 1. The van der Waals surface area contributed by atoms with Crippen molar-refractivity contribution in [3.05, 3.63) is 47.7 Å². The van der Waals surface area contributed by atoms with Gasteiger partial charge in [-0.25, -0.2) is 4.68 Å². The fraction of sp³-hybridized carbons (Fsp3) is 0.471. The van der Waals surface area contributed by atoms with Crippen molar-refractivity contribution >= 4 is 5.82 Å². The first-order chi connectivity index (χ1) is 9.74. The third-order valence-corrected chi connectivity index (χ3v) is 3.97. The molecule has 0 spiro atoms. The predicted molar refractivity (Wildman–Crippen MR) is 83.1 cm³/mol. The third kappa shape index (κ3) is 2.72. The zero-order valence-electron chi connectivity index (χ0n) is 12.3. The topological polar surface area (TPSA) is 29.9 Å². The second-order valence-electron chi connectivity index (χ2n) is 6.04. The van der Waals surface area contributed by atoms with Crippen molar-refractivity contribution in [2.75, 3.05) is 11.9 Å². The Morgan fingerprint density at radius 1 is 1.30 bits per heavy atom. The van der Waals surface area contributed by atoms with Crippen LogP contribution in [0.4, 0.5) is 5.82 Å². The molecule has 3 rings (SSSR count). The molecule has 2 heterocycles. The van der Waals surface area contributed by atoms with Crippen LogP contribution >= 0.6 is 0 Å². The van der Waals surface area contributed by atoms with Gasteiger partial charge in [0.1, 0.15) is 5.82 Å². The lowest BCUT2D eigenvalue weighted by atomic mass is 10.0. The Kier molecular flexibility index (Phi) is 3.77. The molecule has 1 aromatic carbocycles. The molecule has 0 saturated heterocycles. The van der Waals surface area contributed by atoms with E-state index in [9.17, 15) is 0 Å². The van der Waals surface area contributed by atoms with Gasteiger partial charge in [0.2, 0.25) is 0 Å². The third-order valence-electron chi connectivity index (χ3n) is 3.97. The van der Waals surface area contributed by atoms with Gasteiger partial charge >= 0.3 is 0 Å². The van der Waals surface area contributed by atoms with Crippen LogP contribution in [-0.2, 0) is 6.42 Å². The molecule has 0 saturated carbocycles. The first kappa shape index (κ1) is 13.2. The average Bonchev–Trinajstić information content (AvgIpc) is 2.89. The molecule has 0 amide bonds. The number of nitrogens with zero attached hydrogens (tertiary/aromatic N) is 2. The van der Waals surface area contributed by atoms with Crippen LogP contribution in [0.15, 0.2) is 36.4 Å². The molecule has 20 heavy (non-hydrogen) atoms. The standard InChI is InChI=1S/C17H23N3/c1-13(2)8-9-15-12-17-18-11-10-16(20(17)19-15)14-6-4-3-5-7-14/h3-7,12-13,16,18H,8-11H2,1-2H3. The van der Waals surface area contributed by atoms with Crippen LogP contribution in [0.5, 0.6) is 0 Å². The molecule has 1 aliphatic rings.